The lowest BCUT2D eigenvalue weighted by atomic mass is 10.1. The molecule has 2 nitrogen and oxygen atoms in total. The maximum absolute atomic E-state index is 5.62. The molecule has 0 saturated carbocycles. The van der Waals surface area contributed by atoms with Gasteiger partial charge in [-0.25, -0.2) is 4.98 Å². The number of thiazole rings is 1. The Morgan fingerprint density at radius 3 is 2.53 bits per heavy atom. The molecule has 0 unspecified atom stereocenters. The van der Waals surface area contributed by atoms with Crippen LogP contribution in [0.5, 0.6) is 0 Å². The van der Waals surface area contributed by atoms with E-state index < -0.39 is 0 Å². The summed E-state index contributed by atoms with van der Waals surface area (Å²) >= 11 is 1.75. The molecule has 1 aromatic heterocycles. The first-order valence-corrected chi connectivity index (χ1v) is 7.16. The van der Waals surface area contributed by atoms with E-state index in [1.807, 2.05) is 0 Å². The first-order chi connectivity index (χ1) is 9.17. The zero-order valence-electron chi connectivity index (χ0n) is 11.1. The van der Waals surface area contributed by atoms with Crippen molar-refractivity contribution < 1.29 is 0 Å². The van der Waals surface area contributed by atoms with Crippen molar-refractivity contribution in [1.82, 2.24) is 4.98 Å². The normalized spacial score (nSPS) is 11.1. The second-order valence-corrected chi connectivity index (χ2v) is 5.88. The summed E-state index contributed by atoms with van der Waals surface area (Å²) in [4.78, 5) is 4.77. The lowest BCUT2D eigenvalue weighted by Crippen LogP contribution is -1.95. The summed E-state index contributed by atoms with van der Waals surface area (Å²) in [6, 6.07) is 12.7. The van der Waals surface area contributed by atoms with Crippen molar-refractivity contribution in [3.05, 3.63) is 53.1 Å². The number of nitrogens with two attached hydrogens (primary N) is 1. The molecule has 0 amide bonds. The van der Waals surface area contributed by atoms with Gasteiger partial charge in [0.2, 0.25) is 0 Å². The van der Waals surface area contributed by atoms with Crippen LogP contribution in [0, 0.1) is 13.8 Å². The summed E-state index contributed by atoms with van der Waals surface area (Å²) in [5.74, 6) is 0. The highest BCUT2D eigenvalue weighted by Crippen LogP contribution is 2.32. The molecule has 2 N–H and O–H groups in total. The number of benzene rings is 2. The number of hydrogen-bond acceptors (Lipinski definition) is 3. The summed E-state index contributed by atoms with van der Waals surface area (Å²) < 4.78 is 1.26. The number of aromatic nitrogens is 1. The van der Waals surface area contributed by atoms with Crippen LogP contribution < -0.4 is 5.73 Å². The van der Waals surface area contributed by atoms with Gasteiger partial charge in [0.25, 0.3) is 0 Å². The van der Waals surface area contributed by atoms with E-state index in [1.165, 1.54) is 15.8 Å². The van der Waals surface area contributed by atoms with Crippen LogP contribution in [0.1, 0.15) is 16.7 Å². The SMILES string of the molecule is Cc1cc(C)c2nc(-c3ccc(CN)cc3)sc2c1. The van der Waals surface area contributed by atoms with Gasteiger partial charge in [0.05, 0.1) is 10.2 Å². The molecule has 0 radical (unpaired) electrons. The first kappa shape index (κ1) is 12.3. The molecule has 0 aliphatic rings. The van der Waals surface area contributed by atoms with Gasteiger partial charge < -0.3 is 5.73 Å². The second kappa shape index (κ2) is 4.76. The number of aryl methyl sites for hydroxylation is 2. The Balaban J connectivity index is 2.12. The van der Waals surface area contributed by atoms with Gasteiger partial charge in [-0.1, -0.05) is 30.3 Å². The predicted molar refractivity (Wildman–Crippen MR) is 82.4 cm³/mol. The lowest BCUT2D eigenvalue weighted by molar-refractivity contribution is 1.07. The molecular weight excluding hydrogens is 252 g/mol. The predicted octanol–water partition coefficient (Wildman–Crippen LogP) is 4.04. The van der Waals surface area contributed by atoms with Gasteiger partial charge in [-0.05, 0) is 36.6 Å². The van der Waals surface area contributed by atoms with Gasteiger partial charge in [0, 0.05) is 12.1 Å². The summed E-state index contributed by atoms with van der Waals surface area (Å²) in [5.41, 5.74) is 11.6. The van der Waals surface area contributed by atoms with Crippen LogP contribution in [-0.2, 0) is 6.54 Å². The minimum Gasteiger partial charge on any atom is -0.326 e. The molecule has 19 heavy (non-hydrogen) atoms. The van der Waals surface area contributed by atoms with E-state index in [4.69, 9.17) is 10.7 Å². The largest absolute Gasteiger partial charge is 0.326 e. The number of hydrogen-bond donors (Lipinski definition) is 1. The van der Waals surface area contributed by atoms with Gasteiger partial charge in [0.1, 0.15) is 5.01 Å². The van der Waals surface area contributed by atoms with Crippen LogP contribution in [0.15, 0.2) is 36.4 Å². The van der Waals surface area contributed by atoms with Gasteiger partial charge in [-0.3, -0.25) is 0 Å². The Morgan fingerprint density at radius 1 is 1.11 bits per heavy atom. The number of nitrogens with zero attached hydrogens (tertiary/aromatic N) is 1. The Labute approximate surface area is 116 Å². The Hall–Kier alpha value is -1.71. The molecular formula is C16H16N2S. The van der Waals surface area contributed by atoms with E-state index in [0.29, 0.717) is 6.54 Å². The Morgan fingerprint density at radius 2 is 1.84 bits per heavy atom. The van der Waals surface area contributed by atoms with Gasteiger partial charge in [0.15, 0.2) is 0 Å². The molecule has 2 aromatic carbocycles. The molecule has 3 rings (SSSR count). The molecule has 0 saturated heterocycles. The van der Waals surface area contributed by atoms with E-state index in [9.17, 15) is 0 Å². The Bertz CT molecular complexity index is 726. The van der Waals surface area contributed by atoms with E-state index in [0.717, 1.165) is 21.7 Å². The second-order valence-electron chi connectivity index (χ2n) is 4.85. The van der Waals surface area contributed by atoms with Crippen LogP contribution in [0.25, 0.3) is 20.8 Å². The smallest absolute Gasteiger partial charge is 0.124 e. The number of rotatable bonds is 2. The summed E-state index contributed by atoms with van der Waals surface area (Å²) in [6.45, 7) is 4.83. The molecule has 0 bridgehead atoms. The van der Waals surface area contributed by atoms with Gasteiger partial charge >= 0.3 is 0 Å². The fraction of sp³-hybridized carbons (Fsp3) is 0.188. The molecule has 0 atom stereocenters. The molecule has 96 valence electrons. The van der Waals surface area contributed by atoms with Crippen molar-refractivity contribution >= 4 is 21.6 Å². The summed E-state index contributed by atoms with van der Waals surface area (Å²) in [5, 5.41) is 1.08. The average Bonchev–Trinajstić information content (AvgIpc) is 2.83. The molecule has 3 aromatic rings. The van der Waals surface area contributed by atoms with Gasteiger partial charge in [-0.15, -0.1) is 11.3 Å². The molecule has 0 fully saturated rings. The van der Waals surface area contributed by atoms with E-state index in [1.54, 1.807) is 11.3 Å². The standard InChI is InChI=1S/C16H16N2S/c1-10-7-11(2)15-14(8-10)19-16(18-15)13-5-3-12(9-17)4-6-13/h3-8H,9,17H2,1-2H3. The monoisotopic (exact) mass is 268 g/mol. The quantitative estimate of drug-likeness (QED) is 0.762. The third kappa shape index (κ3) is 2.27. The third-order valence-electron chi connectivity index (χ3n) is 3.27. The molecule has 3 heteroatoms. The van der Waals surface area contributed by atoms with Crippen molar-refractivity contribution in [2.45, 2.75) is 20.4 Å². The van der Waals surface area contributed by atoms with E-state index in [-0.39, 0.29) is 0 Å². The van der Waals surface area contributed by atoms with E-state index in [2.05, 4.69) is 50.2 Å². The first-order valence-electron chi connectivity index (χ1n) is 6.34. The molecule has 0 spiro atoms. The molecule has 0 aliphatic carbocycles. The fourth-order valence-electron chi connectivity index (χ4n) is 2.28. The zero-order valence-corrected chi connectivity index (χ0v) is 11.9. The third-order valence-corrected chi connectivity index (χ3v) is 4.32. The van der Waals surface area contributed by atoms with Crippen LogP contribution in [0.2, 0.25) is 0 Å². The van der Waals surface area contributed by atoms with Crippen molar-refractivity contribution in [2.75, 3.05) is 0 Å². The van der Waals surface area contributed by atoms with Crippen LogP contribution in [0.4, 0.5) is 0 Å². The topological polar surface area (TPSA) is 38.9 Å². The maximum atomic E-state index is 5.62. The molecule has 0 aliphatic heterocycles. The highest BCUT2D eigenvalue weighted by atomic mass is 32.1. The van der Waals surface area contributed by atoms with Crippen LogP contribution in [0.3, 0.4) is 0 Å². The van der Waals surface area contributed by atoms with Gasteiger partial charge in [-0.2, -0.15) is 0 Å². The van der Waals surface area contributed by atoms with E-state index >= 15 is 0 Å². The number of fused-ring (bicyclic) bond motifs is 1. The fourth-order valence-corrected chi connectivity index (χ4v) is 3.42. The van der Waals surface area contributed by atoms with Crippen molar-refractivity contribution in [2.24, 2.45) is 5.73 Å². The summed E-state index contributed by atoms with van der Waals surface area (Å²) in [7, 11) is 0. The minimum absolute atomic E-state index is 0.582. The van der Waals surface area contributed by atoms with Crippen LogP contribution >= 0.6 is 11.3 Å². The lowest BCUT2D eigenvalue weighted by Gasteiger charge is -1.98. The zero-order chi connectivity index (χ0) is 13.4. The summed E-state index contributed by atoms with van der Waals surface area (Å²) in [6.07, 6.45) is 0. The Kier molecular flexibility index (Phi) is 3.09. The average molecular weight is 268 g/mol. The highest BCUT2D eigenvalue weighted by molar-refractivity contribution is 7.21. The highest BCUT2D eigenvalue weighted by Gasteiger charge is 2.08. The minimum atomic E-state index is 0.582. The van der Waals surface area contributed by atoms with Crippen molar-refractivity contribution in [3.8, 4) is 10.6 Å². The van der Waals surface area contributed by atoms with Crippen molar-refractivity contribution in [1.29, 1.82) is 0 Å². The van der Waals surface area contributed by atoms with Crippen LogP contribution in [-0.4, -0.2) is 4.98 Å². The molecule has 1 heterocycles. The maximum Gasteiger partial charge on any atom is 0.124 e. The van der Waals surface area contributed by atoms with Crippen molar-refractivity contribution in [3.63, 3.8) is 0 Å².